The van der Waals surface area contributed by atoms with Crippen LogP contribution in [-0.4, -0.2) is 58.6 Å². The van der Waals surface area contributed by atoms with Gasteiger partial charge in [-0.05, 0) is 35.7 Å². The number of amides is 1. The molecule has 1 aromatic heterocycles. The molecule has 0 radical (unpaired) electrons. The van der Waals surface area contributed by atoms with E-state index in [0.717, 1.165) is 38.4 Å². The lowest BCUT2D eigenvalue weighted by atomic mass is 9.86. The van der Waals surface area contributed by atoms with Crippen LogP contribution in [0.25, 0.3) is 0 Å². The fourth-order valence-electron chi connectivity index (χ4n) is 3.33. The van der Waals surface area contributed by atoms with Crippen molar-refractivity contribution >= 4 is 17.4 Å². The molecular weight excluding hydrogens is 338 g/mol. The van der Waals surface area contributed by atoms with Crippen LogP contribution in [0.4, 0.5) is 11.5 Å². The van der Waals surface area contributed by atoms with Gasteiger partial charge < -0.3 is 15.1 Å². The van der Waals surface area contributed by atoms with E-state index in [1.165, 1.54) is 5.56 Å². The number of carbonyl (C=O) groups excluding carboxylic acids is 1. The van der Waals surface area contributed by atoms with Crippen LogP contribution >= 0.6 is 0 Å². The van der Waals surface area contributed by atoms with Gasteiger partial charge in [0.2, 0.25) is 0 Å². The highest BCUT2D eigenvalue weighted by Crippen LogP contribution is 2.30. The quantitative estimate of drug-likeness (QED) is 0.898. The van der Waals surface area contributed by atoms with Gasteiger partial charge in [0.25, 0.3) is 5.91 Å². The van der Waals surface area contributed by atoms with Gasteiger partial charge in [0, 0.05) is 31.9 Å². The van der Waals surface area contributed by atoms with Crippen LogP contribution in [0.5, 0.6) is 0 Å². The number of nitrogens with zero attached hydrogens (tertiary/aromatic N) is 4. The third kappa shape index (κ3) is 4.63. The van der Waals surface area contributed by atoms with E-state index >= 15 is 0 Å². The second-order valence-corrected chi connectivity index (χ2v) is 7.95. The first-order valence-corrected chi connectivity index (χ1v) is 9.60. The zero-order valence-electron chi connectivity index (χ0n) is 16.7. The molecule has 0 atom stereocenters. The fourth-order valence-corrected chi connectivity index (χ4v) is 3.33. The van der Waals surface area contributed by atoms with Gasteiger partial charge in [-0.15, -0.1) is 10.2 Å². The van der Waals surface area contributed by atoms with Crippen molar-refractivity contribution in [3.8, 4) is 0 Å². The molecule has 1 N–H and O–H groups in total. The molecule has 0 aliphatic carbocycles. The van der Waals surface area contributed by atoms with Gasteiger partial charge in [0.15, 0.2) is 11.5 Å². The van der Waals surface area contributed by atoms with Crippen LogP contribution in [0.2, 0.25) is 0 Å². The Kier molecular flexibility index (Phi) is 5.75. The van der Waals surface area contributed by atoms with Gasteiger partial charge in [-0.1, -0.05) is 45.9 Å². The topological polar surface area (TPSA) is 61.4 Å². The number of aromatic nitrogens is 2. The molecule has 1 aliphatic heterocycles. The van der Waals surface area contributed by atoms with Gasteiger partial charge in [0.1, 0.15) is 0 Å². The van der Waals surface area contributed by atoms with E-state index in [0.29, 0.717) is 11.5 Å². The number of rotatable bonds is 4. The standard InChI is InChI=1S/C21H29N5O/c1-5-25-12-14-26(15-13-25)20(27)18-10-11-19(24-23-18)22-17-9-7-6-8-16(17)21(2,3)4/h6-11H,5,12-15H2,1-4H3,(H,22,24). The molecule has 6 heteroatoms. The molecule has 1 fully saturated rings. The number of likely N-dealkylation sites (N-methyl/N-ethyl adjacent to an activating group) is 1. The van der Waals surface area contributed by atoms with Crippen LogP contribution in [0.15, 0.2) is 36.4 Å². The fraction of sp³-hybridized carbons (Fsp3) is 0.476. The maximum Gasteiger partial charge on any atom is 0.274 e. The molecule has 27 heavy (non-hydrogen) atoms. The lowest BCUT2D eigenvalue weighted by Crippen LogP contribution is -2.48. The van der Waals surface area contributed by atoms with E-state index in [2.05, 4.69) is 54.2 Å². The summed E-state index contributed by atoms with van der Waals surface area (Å²) < 4.78 is 0. The van der Waals surface area contributed by atoms with Crippen molar-refractivity contribution in [2.24, 2.45) is 0 Å². The first-order chi connectivity index (χ1) is 12.9. The van der Waals surface area contributed by atoms with Gasteiger partial charge in [-0.25, -0.2) is 0 Å². The van der Waals surface area contributed by atoms with E-state index < -0.39 is 0 Å². The summed E-state index contributed by atoms with van der Waals surface area (Å²) in [6.45, 7) is 13.0. The van der Waals surface area contributed by atoms with Crippen molar-refractivity contribution in [2.75, 3.05) is 38.0 Å². The van der Waals surface area contributed by atoms with Gasteiger partial charge in [-0.3, -0.25) is 4.79 Å². The highest BCUT2D eigenvalue weighted by Gasteiger charge is 2.23. The predicted molar refractivity (Wildman–Crippen MR) is 108 cm³/mol. The maximum atomic E-state index is 12.6. The van der Waals surface area contributed by atoms with E-state index in [1.54, 1.807) is 6.07 Å². The largest absolute Gasteiger partial charge is 0.338 e. The van der Waals surface area contributed by atoms with Crippen molar-refractivity contribution < 1.29 is 4.79 Å². The molecule has 1 aliphatic rings. The summed E-state index contributed by atoms with van der Waals surface area (Å²) >= 11 is 0. The number of benzene rings is 1. The van der Waals surface area contributed by atoms with Crippen LogP contribution in [0.3, 0.4) is 0 Å². The Balaban J connectivity index is 1.69. The average molecular weight is 367 g/mol. The van der Waals surface area contributed by atoms with Crippen molar-refractivity contribution in [2.45, 2.75) is 33.1 Å². The molecule has 6 nitrogen and oxygen atoms in total. The van der Waals surface area contributed by atoms with Crippen LogP contribution in [0, 0.1) is 0 Å². The van der Waals surface area contributed by atoms with Crippen LogP contribution in [0.1, 0.15) is 43.7 Å². The number of anilines is 2. The Morgan fingerprint density at radius 3 is 2.33 bits per heavy atom. The number of nitrogens with one attached hydrogen (secondary N) is 1. The molecule has 1 aromatic carbocycles. The molecule has 0 unspecified atom stereocenters. The highest BCUT2D eigenvalue weighted by molar-refractivity contribution is 5.92. The monoisotopic (exact) mass is 367 g/mol. The van der Waals surface area contributed by atoms with E-state index in [-0.39, 0.29) is 11.3 Å². The smallest absolute Gasteiger partial charge is 0.274 e. The summed E-state index contributed by atoms with van der Waals surface area (Å²) in [5.41, 5.74) is 2.64. The lowest BCUT2D eigenvalue weighted by molar-refractivity contribution is 0.0636. The normalized spacial score (nSPS) is 15.6. The predicted octanol–water partition coefficient (Wildman–Crippen LogP) is 3.30. The number of hydrogen-bond donors (Lipinski definition) is 1. The average Bonchev–Trinajstić information content (AvgIpc) is 2.68. The van der Waals surface area contributed by atoms with Crippen LogP contribution in [-0.2, 0) is 5.41 Å². The maximum absolute atomic E-state index is 12.6. The molecule has 144 valence electrons. The first kappa shape index (κ1) is 19.3. The SMILES string of the molecule is CCN1CCN(C(=O)c2ccc(Nc3ccccc3C(C)(C)C)nn2)CC1. The second-order valence-electron chi connectivity index (χ2n) is 7.95. The number of piperazine rings is 1. The number of para-hydroxylation sites is 1. The molecule has 2 heterocycles. The third-order valence-corrected chi connectivity index (χ3v) is 4.99. The van der Waals surface area contributed by atoms with Crippen molar-refractivity contribution in [1.29, 1.82) is 0 Å². The molecule has 1 amide bonds. The minimum Gasteiger partial charge on any atom is -0.338 e. The lowest BCUT2D eigenvalue weighted by Gasteiger charge is -2.33. The summed E-state index contributed by atoms with van der Waals surface area (Å²) in [6, 6.07) is 11.8. The zero-order valence-corrected chi connectivity index (χ0v) is 16.7. The minimum atomic E-state index is -0.0418. The molecular formula is C21H29N5O. The van der Waals surface area contributed by atoms with Gasteiger partial charge >= 0.3 is 0 Å². The molecule has 0 bridgehead atoms. The van der Waals surface area contributed by atoms with E-state index in [1.807, 2.05) is 29.2 Å². The summed E-state index contributed by atoms with van der Waals surface area (Å²) in [5.74, 6) is 0.596. The summed E-state index contributed by atoms with van der Waals surface area (Å²) in [4.78, 5) is 16.8. The summed E-state index contributed by atoms with van der Waals surface area (Å²) in [6.07, 6.45) is 0. The second kappa shape index (κ2) is 8.05. The molecule has 3 rings (SSSR count). The van der Waals surface area contributed by atoms with Crippen molar-refractivity contribution in [3.05, 3.63) is 47.7 Å². The number of carbonyl (C=O) groups is 1. The first-order valence-electron chi connectivity index (χ1n) is 9.60. The van der Waals surface area contributed by atoms with Crippen molar-refractivity contribution in [1.82, 2.24) is 20.0 Å². The Morgan fingerprint density at radius 2 is 1.74 bits per heavy atom. The molecule has 1 saturated heterocycles. The Morgan fingerprint density at radius 1 is 1.04 bits per heavy atom. The molecule has 2 aromatic rings. The zero-order chi connectivity index (χ0) is 19.4. The Labute approximate surface area is 161 Å². The van der Waals surface area contributed by atoms with Crippen molar-refractivity contribution in [3.63, 3.8) is 0 Å². The number of hydrogen-bond acceptors (Lipinski definition) is 5. The molecule has 0 spiro atoms. The van der Waals surface area contributed by atoms with Crippen LogP contribution < -0.4 is 5.32 Å². The molecule has 0 saturated carbocycles. The summed E-state index contributed by atoms with van der Waals surface area (Å²) in [5, 5.41) is 11.7. The summed E-state index contributed by atoms with van der Waals surface area (Å²) in [7, 11) is 0. The van der Waals surface area contributed by atoms with Gasteiger partial charge in [0.05, 0.1) is 0 Å². The van der Waals surface area contributed by atoms with E-state index in [4.69, 9.17) is 0 Å². The van der Waals surface area contributed by atoms with E-state index in [9.17, 15) is 4.79 Å². The minimum absolute atomic E-state index is 0.0214. The Hall–Kier alpha value is -2.47. The van der Waals surface area contributed by atoms with Gasteiger partial charge in [-0.2, -0.15) is 0 Å². The Bertz CT molecular complexity index is 774. The highest BCUT2D eigenvalue weighted by atomic mass is 16.2. The third-order valence-electron chi connectivity index (χ3n) is 4.99.